The van der Waals surface area contributed by atoms with E-state index in [1.807, 2.05) is 51.1 Å². The molecule has 0 bridgehead atoms. The highest BCUT2D eigenvalue weighted by Crippen LogP contribution is 2.26. The maximum atomic E-state index is 13.8. The highest BCUT2D eigenvalue weighted by Gasteiger charge is 2.33. The summed E-state index contributed by atoms with van der Waals surface area (Å²) in [7, 11) is -4.12. The molecule has 37 heavy (non-hydrogen) atoms. The molecular formula is C28H32ClN3O4S. The number of sulfonamides is 1. The van der Waals surface area contributed by atoms with E-state index in [1.54, 1.807) is 43.3 Å². The first-order valence-electron chi connectivity index (χ1n) is 11.9. The van der Waals surface area contributed by atoms with E-state index < -0.39 is 34.1 Å². The van der Waals surface area contributed by atoms with E-state index in [9.17, 15) is 18.0 Å². The van der Waals surface area contributed by atoms with Gasteiger partial charge in [-0.3, -0.25) is 13.9 Å². The molecule has 3 rings (SSSR count). The molecule has 3 aromatic rings. The van der Waals surface area contributed by atoms with Crippen LogP contribution in [0.4, 0.5) is 5.69 Å². The van der Waals surface area contributed by atoms with Crippen LogP contribution in [-0.2, 0) is 26.2 Å². The number of nitrogens with one attached hydrogen (secondary N) is 1. The minimum absolute atomic E-state index is 0.0379. The third-order valence-electron chi connectivity index (χ3n) is 5.57. The van der Waals surface area contributed by atoms with Crippen LogP contribution in [0.15, 0.2) is 89.8 Å². The Bertz CT molecular complexity index is 1330. The summed E-state index contributed by atoms with van der Waals surface area (Å²) in [6.07, 6.45) is 0. The number of rotatable bonds is 9. The van der Waals surface area contributed by atoms with Gasteiger partial charge in [-0.25, -0.2) is 8.42 Å². The van der Waals surface area contributed by atoms with Crippen LogP contribution < -0.4 is 9.62 Å². The molecule has 0 saturated heterocycles. The third-order valence-corrected chi connectivity index (χ3v) is 7.59. The van der Waals surface area contributed by atoms with E-state index in [1.165, 1.54) is 23.1 Å². The molecule has 0 unspecified atom stereocenters. The Morgan fingerprint density at radius 3 is 2.08 bits per heavy atom. The van der Waals surface area contributed by atoms with Gasteiger partial charge in [-0.2, -0.15) is 0 Å². The van der Waals surface area contributed by atoms with Crippen LogP contribution in [0.25, 0.3) is 0 Å². The summed E-state index contributed by atoms with van der Waals surface area (Å²) in [6.45, 7) is 6.82. The Morgan fingerprint density at radius 2 is 1.51 bits per heavy atom. The standard InChI is InChI=1S/C28H32ClN3O4S/c1-21(27(34)30-28(2,3)4)31(19-22-12-7-5-8-13-22)26(33)20-32(24-15-11-14-23(29)18-24)37(35,36)25-16-9-6-10-17-25/h5-18,21H,19-20H2,1-4H3,(H,30,34)/t21-/m0/s1. The Labute approximate surface area is 224 Å². The first-order chi connectivity index (χ1) is 17.4. The zero-order valence-corrected chi connectivity index (χ0v) is 23.0. The fraction of sp³-hybridized carbons (Fsp3) is 0.286. The van der Waals surface area contributed by atoms with Crippen molar-refractivity contribution >= 4 is 39.1 Å². The van der Waals surface area contributed by atoms with E-state index in [0.29, 0.717) is 5.02 Å². The zero-order valence-electron chi connectivity index (χ0n) is 21.4. The number of halogens is 1. The number of nitrogens with zero attached hydrogens (tertiary/aromatic N) is 2. The van der Waals surface area contributed by atoms with Gasteiger partial charge in [0, 0.05) is 17.1 Å². The second kappa shape index (κ2) is 11.8. The first kappa shape index (κ1) is 28.2. The lowest BCUT2D eigenvalue weighted by molar-refractivity contribution is -0.140. The van der Waals surface area contributed by atoms with E-state index in [0.717, 1.165) is 9.87 Å². The Morgan fingerprint density at radius 1 is 0.919 bits per heavy atom. The molecule has 0 aliphatic rings. The number of anilines is 1. The van der Waals surface area contributed by atoms with Crippen LogP contribution in [0.1, 0.15) is 33.3 Å². The maximum Gasteiger partial charge on any atom is 0.264 e. The van der Waals surface area contributed by atoms with Gasteiger partial charge in [-0.1, -0.05) is 66.2 Å². The van der Waals surface area contributed by atoms with Crippen LogP contribution in [0, 0.1) is 0 Å². The van der Waals surface area contributed by atoms with Crippen molar-refractivity contribution in [3.05, 3.63) is 95.5 Å². The molecule has 0 heterocycles. The average Bonchev–Trinajstić information content (AvgIpc) is 2.85. The predicted octanol–water partition coefficient (Wildman–Crippen LogP) is 4.87. The van der Waals surface area contributed by atoms with E-state index in [-0.39, 0.29) is 23.0 Å². The molecular weight excluding hydrogens is 510 g/mol. The van der Waals surface area contributed by atoms with E-state index in [4.69, 9.17) is 11.6 Å². The maximum absolute atomic E-state index is 13.8. The van der Waals surface area contributed by atoms with Gasteiger partial charge in [-0.15, -0.1) is 0 Å². The van der Waals surface area contributed by atoms with E-state index >= 15 is 0 Å². The highest BCUT2D eigenvalue weighted by atomic mass is 35.5. The number of carbonyl (C=O) groups excluding carboxylic acids is 2. The van der Waals surface area contributed by atoms with Crippen molar-refractivity contribution in [2.75, 3.05) is 10.8 Å². The molecule has 0 spiro atoms. The van der Waals surface area contributed by atoms with Crippen molar-refractivity contribution in [3.63, 3.8) is 0 Å². The number of hydrogen-bond donors (Lipinski definition) is 1. The Kier molecular flexibility index (Phi) is 8.99. The summed E-state index contributed by atoms with van der Waals surface area (Å²) >= 11 is 6.18. The van der Waals surface area contributed by atoms with Crippen molar-refractivity contribution < 1.29 is 18.0 Å². The van der Waals surface area contributed by atoms with Crippen molar-refractivity contribution in [1.29, 1.82) is 0 Å². The average molecular weight is 542 g/mol. The van der Waals surface area contributed by atoms with Gasteiger partial charge in [0.1, 0.15) is 12.6 Å². The van der Waals surface area contributed by atoms with Gasteiger partial charge in [0.2, 0.25) is 11.8 Å². The smallest absolute Gasteiger partial charge is 0.264 e. The quantitative estimate of drug-likeness (QED) is 0.419. The molecule has 0 aliphatic heterocycles. The lowest BCUT2D eigenvalue weighted by atomic mass is 10.1. The molecule has 0 fully saturated rings. The lowest BCUT2D eigenvalue weighted by Gasteiger charge is -2.33. The van der Waals surface area contributed by atoms with Crippen molar-refractivity contribution in [2.24, 2.45) is 0 Å². The van der Waals surface area contributed by atoms with Crippen LogP contribution in [0.3, 0.4) is 0 Å². The first-order valence-corrected chi connectivity index (χ1v) is 13.7. The lowest BCUT2D eigenvalue weighted by Crippen LogP contribution is -2.54. The molecule has 1 atom stereocenters. The van der Waals surface area contributed by atoms with Gasteiger partial charge >= 0.3 is 0 Å². The molecule has 0 radical (unpaired) electrons. The molecule has 0 aromatic heterocycles. The van der Waals surface area contributed by atoms with Gasteiger partial charge < -0.3 is 10.2 Å². The second-order valence-electron chi connectivity index (χ2n) is 9.73. The summed E-state index contributed by atoms with van der Waals surface area (Å²) in [6, 6.07) is 22.6. The predicted molar refractivity (Wildman–Crippen MR) is 147 cm³/mol. The summed E-state index contributed by atoms with van der Waals surface area (Å²) in [5, 5.41) is 3.24. The zero-order chi connectivity index (χ0) is 27.2. The van der Waals surface area contributed by atoms with Gasteiger partial charge in [0.25, 0.3) is 10.0 Å². The van der Waals surface area contributed by atoms with Crippen LogP contribution in [-0.4, -0.2) is 43.3 Å². The molecule has 196 valence electrons. The van der Waals surface area contributed by atoms with E-state index in [2.05, 4.69) is 5.32 Å². The number of hydrogen-bond acceptors (Lipinski definition) is 4. The molecule has 3 aromatic carbocycles. The topological polar surface area (TPSA) is 86.8 Å². The second-order valence-corrected chi connectivity index (χ2v) is 12.0. The minimum atomic E-state index is -4.12. The van der Waals surface area contributed by atoms with Crippen LogP contribution in [0.5, 0.6) is 0 Å². The summed E-state index contributed by atoms with van der Waals surface area (Å²) in [4.78, 5) is 28.3. The van der Waals surface area contributed by atoms with Crippen LogP contribution >= 0.6 is 11.6 Å². The Balaban J connectivity index is 2.01. The van der Waals surface area contributed by atoms with Crippen molar-refractivity contribution in [3.8, 4) is 0 Å². The Hall–Kier alpha value is -3.36. The highest BCUT2D eigenvalue weighted by molar-refractivity contribution is 7.92. The van der Waals surface area contributed by atoms with Crippen molar-refractivity contribution in [1.82, 2.24) is 10.2 Å². The number of amides is 2. The number of benzene rings is 3. The molecule has 1 N–H and O–H groups in total. The van der Waals surface area contributed by atoms with Gasteiger partial charge in [0.15, 0.2) is 0 Å². The molecule has 7 nitrogen and oxygen atoms in total. The number of carbonyl (C=O) groups is 2. The molecule has 9 heteroatoms. The monoisotopic (exact) mass is 541 g/mol. The molecule has 0 aliphatic carbocycles. The van der Waals surface area contributed by atoms with Gasteiger partial charge in [0.05, 0.1) is 10.6 Å². The summed E-state index contributed by atoms with van der Waals surface area (Å²) in [5.41, 5.74) is 0.554. The molecule has 0 saturated carbocycles. The molecule has 2 amide bonds. The van der Waals surface area contributed by atoms with Gasteiger partial charge in [-0.05, 0) is 63.6 Å². The third kappa shape index (κ3) is 7.57. The summed E-state index contributed by atoms with van der Waals surface area (Å²) < 4.78 is 28.4. The summed E-state index contributed by atoms with van der Waals surface area (Å²) in [5.74, 6) is -0.864. The normalized spacial score (nSPS) is 12.5. The fourth-order valence-corrected chi connectivity index (χ4v) is 5.33. The fourth-order valence-electron chi connectivity index (χ4n) is 3.72. The van der Waals surface area contributed by atoms with Crippen LogP contribution in [0.2, 0.25) is 5.02 Å². The minimum Gasteiger partial charge on any atom is -0.350 e. The van der Waals surface area contributed by atoms with Crippen molar-refractivity contribution in [2.45, 2.75) is 50.7 Å². The largest absolute Gasteiger partial charge is 0.350 e. The SMILES string of the molecule is C[C@@H](C(=O)NC(C)(C)C)N(Cc1ccccc1)C(=O)CN(c1cccc(Cl)c1)S(=O)(=O)c1ccccc1.